The Hall–Kier alpha value is -1.26. The fraction of sp³-hybridized carbons (Fsp3) is 0.867. The summed E-state index contributed by atoms with van der Waals surface area (Å²) in [7, 11) is 1.81. The van der Waals surface area contributed by atoms with Gasteiger partial charge in [0.05, 0.1) is 5.41 Å². The van der Waals surface area contributed by atoms with E-state index in [4.69, 9.17) is 0 Å². The third kappa shape index (κ3) is 3.25. The van der Waals surface area contributed by atoms with Crippen molar-refractivity contribution in [1.29, 1.82) is 0 Å². The number of carboxylic acids is 1. The van der Waals surface area contributed by atoms with Gasteiger partial charge < -0.3 is 15.3 Å². The van der Waals surface area contributed by atoms with E-state index in [0.29, 0.717) is 18.9 Å². The van der Waals surface area contributed by atoms with Crippen LogP contribution in [0.25, 0.3) is 0 Å². The van der Waals surface area contributed by atoms with Crippen LogP contribution in [0.15, 0.2) is 0 Å². The lowest BCUT2D eigenvalue weighted by Crippen LogP contribution is -2.50. The zero-order valence-electron chi connectivity index (χ0n) is 12.4. The number of aliphatic carboxylic acids is 1. The minimum Gasteiger partial charge on any atom is -0.481 e. The van der Waals surface area contributed by atoms with Gasteiger partial charge in [0.15, 0.2) is 0 Å². The minimum absolute atomic E-state index is 0.125. The van der Waals surface area contributed by atoms with E-state index < -0.39 is 11.4 Å². The van der Waals surface area contributed by atoms with Gasteiger partial charge in [-0.05, 0) is 32.1 Å². The molecule has 0 aromatic carbocycles. The molecule has 0 heterocycles. The molecule has 5 heteroatoms. The third-order valence-electron chi connectivity index (χ3n) is 5.04. The molecule has 2 amide bonds. The van der Waals surface area contributed by atoms with E-state index in [1.165, 1.54) is 6.42 Å². The zero-order valence-corrected chi connectivity index (χ0v) is 12.4. The highest BCUT2D eigenvalue weighted by Gasteiger charge is 2.39. The van der Waals surface area contributed by atoms with Crippen LogP contribution in [0.1, 0.15) is 57.8 Å². The van der Waals surface area contributed by atoms with E-state index in [-0.39, 0.29) is 12.6 Å². The van der Waals surface area contributed by atoms with Crippen molar-refractivity contribution in [2.45, 2.75) is 63.8 Å². The van der Waals surface area contributed by atoms with Gasteiger partial charge in [0.25, 0.3) is 0 Å². The van der Waals surface area contributed by atoms with Crippen molar-refractivity contribution in [1.82, 2.24) is 10.2 Å². The zero-order chi connectivity index (χ0) is 14.6. The van der Waals surface area contributed by atoms with Crippen molar-refractivity contribution in [3.63, 3.8) is 0 Å². The summed E-state index contributed by atoms with van der Waals surface area (Å²) >= 11 is 0. The van der Waals surface area contributed by atoms with E-state index in [9.17, 15) is 14.7 Å². The lowest BCUT2D eigenvalue weighted by molar-refractivity contribution is -0.149. The molecule has 0 atom stereocenters. The average Bonchev–Trinajstić information content (AvgIpc) is 2.60. The summed E-state index contributed by atoms with van der Waals surface area (Å²) in [4.78, 5) is 25.5. The Morgan fingerprint density at radius 1 is 1.15 bits per heavy atom. The smallest absolute Gasteiger partial charge is 0.317 e. The van der Waals surface area contributed by atoms with Gasteiger partial charge in [0.2, 0.25) is 0 Å². The van der Waals surface area contributed by atoms with Gasteiger partial charge in [-0.25, -0.2) is 4.79 Å². The first-order valence-corrected chi connectivity index (χ1v) is 7.79. The van der Waals surface area contributed by atoms with Crippen molar-refractivity contribution >= 4 is 12.0 Å². The lowest BCUT2D eigenvalue weighted by Gasteiger charge is -2.36. The van der Waals surface area contributed by atoms with Gasteiger partial charge in [-0.2, -0.15) is 0 Å². The first-order valence-electron chi connectivity index (χ1n) is 7.79. The van der Waals surface area contributed by atoms with Gasteiger partial charge in [0, 0.05) is 19.6 Å². The van der Waals surface area contributed by atoms with Crippen LogP contribution in [-0.2, 0) is 4.79 Å². The number of hydrogen-bond acceptors (Lipinski definition) is 2. The van der Waals surface area contributed by atoms with E-state index in [1.54, 1.807) is 11.9 Å². The molecule has 2 N–H and O–H groups in total. The standard InChI is InChI=1S/C15H26N2O3/c1-17(12-7-6-8-12)14(20)16-11-15(13(18)19)9-4-2-3-5-10-15/h12H,2-11H2,1H3,(H,16,20)(H,18,19). The van der Waals surface area contributed by atoms with Crippen molar-refractivity contribution in [2.24, 2.45) is 5.41 Å². The monoisotopic (exact) mass is 282 g/mol. The number of carbonyl (C=O) groups excluding carboxylic acids is 1. The number of amides is 2. The summed E-state index contributed by atoms with van der Waals surface area (Å²) in [5.74, 6) is -0.758. The van der Waals surface area contributed by atoms with Gasteiger partial charge in [-0.15, -0.1) is 0 Å². The molecule has 0 saturated heterocycles. The van der Waals surface area contributed by atoms with E-state index in [0.717, 1.165) is 38.5 Å². The Balaban J connectivity index is 1.91. The molecule has 0 bridgehead atoms. The summed E-state index contributed by atoms with van der Waals surface area (Å²) in [5.41, 5.74) is -0.757. The van der Waals surface area contributed by atoms with Crippen molar-refractivity contribution in [3.8, 4) is 0 Å². The Labute approximate surface area is 120 Å². The van der Waals surface area contributed by atoms with Crippen LogP contribution < -0.4 is 5.32 Å². The van der Waals surface area contributed by atoms with Crippen LogP contribution in [0.2, 0.25) is 0 Å². The Bertz CT molecular complexity index is 358. The SMILES string of the molecule is CN(C(=O)NCC1(C(=O)O)CCCCCC1)C1CCC1. The molecule has 5 nitrogen and oxygen atoms in total. The normalized spacial score (nSPS) is 22.4. The van der Waals surface area contributed by atoms with Crippen molar-refractivity contribution in [3.05, 3.63) is 0 Å². The van der Waals surface area contributed by atoms with Crippen LogP contribution in [0.3, 0.4) is 0 Å². The second kappa shape index (κ2) is 6.46. The second-order valence-electron chi connectivity index (χ2n) is 6.35. The van der Waals surface area contributed by atoms with Gasteiger partial charge in [-0.3, -0.25) is 4.79 Å². The summed E-state index contributed by atoms with van der Waals surface area (Å²) in [5, 5.41) is 12.4. The Kier molecular flexibility index (Phi) is 4.89. The summed E-state index contributed by atoms with van der Waals surface area (Å²) < 4.78 is 0. The van der Waals surface area contributed by atoms with E-state index in [1.807, 2.05) is 0 Å². The van der Waals surface area contributed by atoms with Crippen molar-refractivity contribution < 1.29 is 14.7 Å². The molecular weight excluding hydrogens is 256 g/mol. The largest absolute Gasteiger partial charge is 0.481 e. The predicted octanol–water partition coefficient (Wildman–Crippen LogP) is 2.61. The molecule has 2 saturated carbocycles. The molecule has 0 spiro atoms. The predicted molar refractivity (Wildman–Crippen MR) is 76.6 cm³/mol. The molecule has 2 fully saturated rings. The fourth-order valence-corrected chi connectivity index (χ4v) is 3.18. The first-order chi connectivity index (χ1) is 9.55. The molecule has 0 aliphatic heterocycles. The summed E-state index contributed by atoms with van der Waals surface area (Å²) in [6.45, 7) is 0.262. The molecule has 0 aromatic heterocycles. The second-order valence-corrected chi connectivity index (χ2v) is 6.35. The molecule has 0 aromatic rings. The molecule has 0 unspecified atom stereocenters. The van der Waals surface area contributed by atoms with E-state index in [2.05, 4.69) is 5.32 Å². The number of hydrogen-bond donors (Lipinski definition) is 2. The fourth-order valence-electron chi connectivity index (χ4n) is 3.18. The van der Waals surface area contributed by atoms with Crippen LogP contribution in [0.5, 0.6) is 0 Å². The maximum atomic E-state index is 12.1. The number of carbonyl (C=O) groups is 2. The topological polar surface area (TPSA) is 69.6 Å². The number of urea groups is 1. The van der Waals surface area contributed by atoms with E-state index >= 15 is 0 Å². The molecule has 2 aliphatic carbocycles. The molecule has 2 aliphatic rings. The number of nitrogens with zero attached hydrogens (tertiary/aromatic N) is 1. The van der Waals surface area contributed by atoms with Gasteiger partial charge in [-0.1, -0.05) is 25.7 Å². The lowest BCUT2D eigenvalue weighted by atomic mass is 9.80. The summed E-state index contributed by atoms with van der Waals surface area (Å²) in [6.07, 6.45) is 8.76. The maximum Gasteiger partial charge on any atom is 0.317 e. The van der Waals surface area contributed by atoms with Crippen molar-refractivity contribution in [2.75, 3.05) is 13.6 Å². The quantitative estimate of drug-likeness (QED) is 0.779. The van der Waals surface area contributed by atoms with Gasteiger partial charge in [0.1, 0.15) is 0 Å². The third-order valence-corrected chi connectivity index (χ3v) is 5.04. The van der Waals surface area contributed by atoms with Gasteiger partial charge >= 0.3 is 12.0 Å². The minimum atomic E-state index is -0.758. The molecule has 114 valence electrons. The number of nitrogens with one attached hydrogen (secondary N) is 1. The highest BCUT2D eigenvalue weighted by atomic mass is 16.4. The number of carboxylic acid groups (broad SMARTS) is 1. The van der Waals surface area contributed by atoms with Crippen LogP contribution in [-0.4, -0.2) is 41.6 Å². The Morgan fingerprint density at radius 3 is 2.20 bits per heavy atom. The maximum absolute atomic E-state index is 12.1. The molecule has 0 radical (unpaired) electrons. The highest BCUT2D eigenvalue weighted by molar-refractivity contribution is 5.78. The highest BCUT2D eigenvalue weighted by Crippen LogP contribution is 2.35. The van der Waals surface area contributed by atoms with Crippen LogP contribution in [0.4, 0.5) is 4.79 Å². The summed E-state index contributed by atoms with van der Waals surface area (Å²) in [6, 6.07) is 0.212. The molecule has 20 heavy (non-hydrogen) atoms. The number of rotatable bonds is 4. The first kappa shape index (κ1) is 15.1. The van der Waals surface area contributed by atoms with Crippen LogP contribution in [0, 0.1) is 5.41 Å². The molecular formula is C15H26N2O3. The Morgan fingerprint density at radius 2 is 1.75 bits per heavy atom. The average molecular weight is 282 g/mol. The molecule has 2 rings (SSSR count). The van der Waals surface area contributed by atoms with Crippen LogP contribution >= 0.6 is 0 Å².